The molecule has 0 amide bonds. The van der Waals surface area contributed by atoms with E-state index in [9.17, 15) is 0 Å². The Morgan fingerprint density at radius 2 is 2.38 bits per heavy atom. The third-order valence-corrected chi connectivity index (χ3v) is 3.38. The molecule has 2 N–H and O–H groups in total. The van der Waals surface area contributed by atoms with Crippen LogP contribution in [0, 0.1) is 0 Å². The molecule has 1 atom stereocenters. The van der Waals surface area contributed by atoms with Crippen molar-refractivity contribution in [2.75, 3.05) is 25.6 Å². The van der Waals surface area contributed by atoms with Crippen molar-refractivity contribution in [3.8, 4) is 0 Å². The maximum Gasteiger partial charge on any atom is 0.0534 e. The van der Waals surface area contributed by atoms with Gasteiger partial charge < -0.3 is 5.73 Å². The number of nitrogens with two attached hydrogens (primary N) is 1. The van der Waals surface area contributed by atoms with E-state index in [0.717, 1.165) is 19.5 Å². The van der Waals surface area contributed by atoms with Gasteiger partial charge in [0, 0.05) is 37.9 Å². The molecule has 0 aromatic carbocycles. The summed E-state index contributed by atoms with van der Waals surface area (Å²) >= 11 is 1.87. The molecule has 5 heteroatoms. The van der Waals surface area contributed by atoms with Crippen LogP contribution in [0.4, 0.5) is 0 Å². The van der Waals surface area contributed by atoms with Crippen LogP contribution in [-0.2, 0) is 13.6 Å². The lowest BCUT2D eigenvalue weighted by atomic mass is 10.2. The minimum Gasteiger partial charge on any atom is -0.329 e. The molecule has 1 heterocycles. The van der Waals surface area contributed by atoms with Crippen LogP contribution in [0.5, 0.6) is 0 Å². The monoisotopic (exact) mass is 242 g/mol. The average Bonchev–Trinajstić information content (AvgIpc) is 2.65. The van der Waals surface area contributed by atoms with E-state index in [4.69, 9.17) is 5.73 Å². The van der Waals surface area contributed by atoms with Gasteiger partial charge in [0.25, 0.3) is 0 Å². The van der Waals surface area contributed by atoms with Gasteiger partial charge in [-0.25, -0.2) is 0 Å². The zero-order chi connectivity index (χ0) is 12.0. The van der Waals surface area contributed by atoms with Gasteiger partial charge >= 0.3 is 0 Å². The Labute approximate surface area is 102 Å². The van der Waals surface area contributed by atoms with Gasteiger partial charge in [0.15, 0.2) is 0 Å². The van der Waals surface area contributed by atoms with E-state index in [0.29, 0.717) is 6.04 Å². The molecule has 0 saturated carbocycles. The Balaban J connectivity index is 2.45. The molecule has 0 aliphatic heterocycles. The molecule has 0 aliphatic rings. The van der Waals surface area contributed by atoms with Crippen molar-refractivity contribution >= 4 is 11.8 Å². The lowest BCUT2D eigenvalue weighted by Crippen LogP contribution is -2.37. The quantitative estimate of drug-likeness (QED) is 0.773. The van der Waals surface area contributed by atoms with Gasteiger partial charge in [0.2, 0.25) is 0 Å². The molecule has 1 aromatic rings. The van der Waals surface area contributed by atoms with Crippen LogP contribution < -0.4 is 5.73 Å². The molecular formula is C11H22N4S. The molecular weight excluding hydrogens is 220 g/mol. The summed E-state index contributed by atoms with van der Waals surface area (Å²) in [5.74, 6) is 1.17. The molecule has 1 rings (SSSR count). The molecule has 0 fully saturated rings. The summed E-state index contributed by atoms with van der Waals surface area (Å²) in [6.07, 6.45) is 7.25. The molecule has 1 aromatic heterocycles. The van der Waals surface area contributed by atoms with Gasteiger partial charge in [-0.2, -0.15) is 16.9 Å². The van der Waals surface area contributed by atoms with Crippen LogP contribution in [0.25, 0.3) is 0 Å². The maximum absolute atomic E-state index is 5.80. The van der Waals surface area contributed by atoms with Gasteiger partial charge in [-0.05, 0) is 25.5 Å². The Hall–Kier alpha value is -0.520. The van der Waals surface area contributed by atoms with Crippen LogP contribution in [0.2, 0.25) is 0 Å². The van der Waals surface area contributed by atoms with E-state index in [1.165, 1.54) is 11.3 Å². The first-order valence-electron chi connectivity index (χ1n) is 5.54. The number of aryl methyl sites for hydroxylation is 1. The number of thioether (sulfide) groups is 1. The third-order valence-electron chi connectivity index (χ3n) is 2.74. The Morgan fingerprint density at radius 3 is 2.88 bits per heavy atom. The van der Waals surface area contributed by atoms with Crippen molar-refractivity contribution in [2.24, 2.45) is 12.8 Å². The number of aromatic nitrogens is 2. The average molecular weight is 242 g/mol. The first-order chi connectivity index (χ1) is 7.67. The number of hydrogen-bond acceptors (Lipinski definition) is 4. The Kier molecular flexibility index (Phi) is 5.87. The summed E-state index contributed by atoms with van der Waals surface area (Å²) < 4.78 is 1.84. The van der Waals surface area contributed by atoms with E-state index in [-0.39, 0.29) is 0 Å². The van der Waals surface area contributed by atoms with Crippen molar-refractivity contribution < 1.29 is 0 Å². The summed E-state index contributed by atoms with van der Waals surface area (Å²) in [6.45, 7) is 1.64. The highest BCUT2D eigenvalue weighted by Gasteiger charge is 2.13. The van der Waals surface area contributed by atoms with Crippen LogP contribution in [-0.4, -0.2) is 46.3 Å². The van der Waals surface area contributed by atoms with E-state index in [1.54, 1.807) is 0 Å². The SMILES string of the molecule is CSCCC(CN)N(C)Cc1cnn(C)c1. The van der Waals surface area contributed by atoms with Crippen LogP contribution in [0.15, 0.2) is 12.4 Å². The molecule has 0 spiro atoms. The normalized spacial score (nSPS) is 13.3. The predicted octanol–water partition coefficient (Wildman–Crippen LogP) is 0.932. The molecule has 1 unspecified atom stereocenters. The minimum atomic E-state index is 0.465. The van der Waals surface area contributed by atoms with Crippen molar-refractivity contribution in [3.05, 3.63) is 18.0 Å². The molecule has 0 saturated heterocycles. The molecule has 0 bridgehead atoms. The molecule has 0 radical (unpaired) electrons. The highest BCUT2D eigenvalue weighted by molar-refractivity contribution is 7.98. The van der Waals surface area contributed by atoms with E-state index >= 15 is 0 Å². The molecule has 0 aliphatic carbocycles. The predicted molar refractivity (Wildman–Crippen MR) is 70.5 cm³/mol. The highest BCUT2D eigenvalue weighted by atomic mass is 32.2. The number of likely N-dealkylation sites (N-methyl/N-ethyl adjacent to an activating group) is 1. The second-order valence-electron chi connectivity index (χ2n) is 4.11. The van der Waals surface area contributed by atoms with Gasteiger partial charge in [0.1, 0.15) is 0 Å². The lowest BCUT2D eigenvalue weighted by Gasteiger charge is -2.26. The number of hydrogen-bond donors (Lipinski definition) is 1. The van der Waals surface area contributed by atoms with E-state index in [2.05, 4.69) is 29.5 Å². The zero-order valence-corrected chi connectivity index (χ0v) is 11.2. The number of nitrogens with zero attached hydrogens (tertiary/aromatic N) is 3. The summed E-state index contributed by atoms with van der Waals surface area (Å²) in [6, 6.07) is 0.465. The summed E-state index contributed by atoms with van der Waals surface area (Å²) in [5, 5.41) is 4.17. The van der Waals surface area contributed by atoms with E-state index in [1.807, 2.05) is 29.7 Å². The minimum absolute atomic E-state index is 0.465. The second-order valence-corrected chi connectivity index (χ2v) is 5.09. The Morgan fingerprint density at radius 1 is 1.62 bits per heavy atom. The first kappa shape index (κ1) is 13.5. The highest BCUT2D eigenvalue weighted by Crippen LogP contribution is 2.09. The van der Waals surface area contributed by atoms with Crippen molar-refractivity contribution in [2.45, 2.75) is 19.0 Å². The first-order valence-corrected chi connectivity index (χ1v) is 6.93. The van der Waals surface area contributed by atoms with Crippen LogP contribution in [0.1, 0.15) is 12.0 Å². The largest absolute Gasteiger partial charge is 0.329 e. The Bertz CT molecular complexity index is 300. The molecule has 92 valence electrons. The second kappa shape index (κ2) is 6.93. The fourth-order valence-electron chi connectivity index (χ4n) is 1.74. The standard InChI is InChI=1S/C11H22N4S/c1-14(11(6-12)4-5-16-3)8-10-7-13-15(2)9-10/h7,9,11H,4-6,8,12H2,1-3H3. The molecule has 4 nitrogen and oxygen atoms in total. The van der Waals surface area contributed by atoms with Gasteiger partial charge in [0.05, 0.1) is 6.20 Å². The number of rotatable bonds is 7. The van der Waals surface area contributed by atoms with Crippen molar-refractivity contribution in [1.82, 2.24) is 14.7 Å². The summed E-state index contributed by atoms with van der Waals surface area (Å²) in [7, 11) is 4.07. The van der Waals surface area contributed by atoms with Crippen molar-refractivity contribution in [3.63, 3.8) is 0 Å². The fraction of sp³-hybridized carbons (Fsp3) is 0.727. The maximum atomic E-state index is 5.80. The van der Waals surface area contributed by atoms with Crippen molar-refractivity contribution in [1.29, 1.82) is 0 Å². The zero-order valence-electron chi connectivity index (χ0n) is 10.4. The van der Waals surface area contributed by atoms with Gasteiger partial charge in [-0.15, -0.1) is 0 Å². The van der Waals surface area contributed by atoms with E-state index < -0.39 is 0 Å². The molecule has 16 heavy (non-hydrogen) atoms. The van der Waals surface area contributed by atoms with Gasteiger partial charge in [-0.3, -0.25) is 9.58 Å². The smallest absolute Gasteiger partial charge is 0.0534 e. The topological polar surface area (TPSA) is 47.1 Å². The van der Waals surface area contributed by atoms with Crippen LogP contribution in [0.3, 0.4) is 0 Å². The summed E-state index contributed by atoms with van der Waals surface area (Å²) in [5.41, 5.74) is 7.04. The summed E-state index contributed by atoms with van der Waals surface area (Å²) in [4.78, 5) is 2.31. The fourth-order valence-corrected chi connectivity index (χ4v) is 2.25. The third kappa shape index (κ3) is 4.15. The lowest BCUT2D eigenvalue weighted by molar-refractivity contribution is 0.234. The van der Waals surface area contributed by atoms with Crippen LogP contribution >= 0.6 is 11.8 Å². The van der Waals surface area contributed by atoms with Gasteiger partial charge in [-0.1, -0.05) is 0 Å².